The Labute approximate surface area is 124 Å². The van der Waals surface area contributed by atoms with Crippen molar-refractivity contribution in [2.75, 3.05) is 12.8 Å². The van der Waals surface area contributed by atoms with Crippen LogP contribution in [0.5, 0.6) is 5.75 Å². The first-order chi connectivity index (χ1) is 10.1. The standard InChI is InChI=1S/C15H21N5O/c1-10(2)15(6-7-15)9-20-14(17-18-19-20)12-8-11(16)4-5-13(12)21-3/h4-5,8,10H,6-7,9,16H2,1-3H3. The third-order valence-corrected chi connectivity index (χ3v) is 4.58. The van der Waals surface area contributed by atoms with Crippen LogP contribution >= 0.6 is 0 Å². The number of ether oxygens (including phenoxy) is 1. The number of tetrazole rings is 1. The molecule has 0 amide bonds. The molecule has 0 unspecified atom stereocenters. The van der Waals surface area contributed by atoms with Gasteiger partial charge in [0.15, 0.2) is 5.82 Å². The van der Waals surface area contributed by atoms with Crippen LogP contribution in [0.1, 0.15) is 26.7 Å². The fourth-order valence-corrected chi connectivity index (χ4v) is 2.78. The van der Waals surface area contributed by atoms with Gasteiger partial charge in [0.25, 0.3) is 0 Å². The lowest BCUT2D eigenvalue weighted by atomic mass is 9.92. The number of aromatic nitrogens is 4. The second-order valence-electron chi connectivity index (χ2n) is 6.14. The van der Waals surface area contributed by atoms with Crippen LogP contribution in [0.3, 0.4) is 0 Å². The van der Waals surface area contributed by atoms with Crippen molar-refractivity contribution in [3.63, 3.8) is 0 Å². The Morgan fingerprint density at radius 3 is 2.76 bits per heavy atom. The van der Waals surface area contributed by atoms with Crippen LogP contribution in [0.4, 0.5) is 5.69 Å². The Bertz CT molecular complexity index is 645. The van der Waals surface area contributed by atoms with Crippen molar-refractivity contribution < 1.29 is 4.74 Å². The minimum Gasteiger partial charge on any atom is -0.496 e. The van der Waals surface area contributed by atoms with Gasteiger partial charge in [-0.15, -0.1) is 5.10 Å². The van der Waals surface area contributed by atoms with Gasteiger partial charge >= 0.3 is 0 Å². The van der Waals surface area contributed by atoms with E-state index in [0.29, 0.717) is 22.8 Å². The number of anilines is 1. The molecular weight excluding hydrogens is 266 g/mol. The molecule has 112 valence electrons. The Morgan fingerprint density at radius 1 is 1.38 bits per heavy atom. The van der Waals surface area contributed by atoms with E-state index in [1.807, 2.05) is 22.9 Å². The second-order valence-corrected chi connectivity index (χ2v) is 6.14. The van der Waals surface area contributed by atoms with E-state index in [1.165, 1.54) is 12.8 Å². The minimum absolute atomic E-state index is 0.331. The fourth-order valence-electron chi connectivity index (χ4n) is 2.78. The van der Waals surface area contributed by atoms with Gasteiger partial charge in [-0.2, -0.15) is 0 Å². The van der Waals surface area contributed by atoms with Gasteiger partial charge in [0, 0.05) is 5.69 Å². The second kappa shape index (κ2) is 5.02. The molecule has 0 aliphatic heterocycles. The molecule has 0 bridgehead atoms. The van der Waals surface area contributed by atoms with E-state index >= 15 is 0 Å². The summed E-state index contributed by atoms with van der Waals surface area (Å²) in [6.45, 7) is 5.36. The molecule has 6 heteroatoms. The number of hydrogen-bond donors (Lipinski definition) is 1. The van der Waals surface area contributed by atoms with Crippen LogP contribution in [0, 0.1) is 11.3 Å². The van der Waals surface area contributed by atoms with Crippen LogP contribution in [0.2, 0.25) is 0 Å². The van der Waals surface area contributed by atoms with E-state index in [1.54, 1.807) is 7.11 Å². The highest BCUT2D eigenvalue weighted by Crippen LogP contribution is 2.53. The molecule has 2 aromatic rings. The first-order valence-electron chi connectivity index (χ1n) is 7.26. The monoisotopic (exact) mass is 287 g/mol. The van der Waals surface area contributed by atoms with E-state index < -0.39 is 0 Å². The smallest absolute Gasteiger partial charge is 0.185 e. The summed E-state index contributed by atoms with van der Waals surface area (Å²) in [6.07, 6.45) is 2.47. The largest absolute Gasteiger partial charge is 0.496 e. The summed E-state index contributed by atoms with van der Waals surface area (Å²) in [5.41, 5.74) is 7.73. The summed E-state index contributed by atoms with van der Waals surface area (Å²) in [7, 11) is 1.64. The van der Waals surface area contributed by atoms with Gasteiger partial charge in [0.05, 0.1) is 19.2 Å². The van der Waals surface area contributed by atoms with Gasteiger partial charge in [-0.1, -0.05) is 13.8 Å². The fraction of sp³-hybridized carbons (Fsp3) is 0.533. The number of rotatable bonds is 5. The van der Waals surface area contributed by atoms with E-state index in [0.717, 1.165) is 17.9 Å². The summed E-state index contributed by atoms with van der Waals surface area (Å²) < 4.78 is 7.29. The molecule has 1 fully saturated rings. The third-order valence-electron chi connectivity index (χ3n) is 4.58. The molecule has 21 heavy (non-hydrogen) atoms. The Balaban J connectivity index is 1.98. The average molecular weight is 287 g/mol. The molecular formula is C15H21N5O. The maximum absolute atomic E-state index is 5.89. The molecule has 1 aromatic heterocycles. The van der Waals surface area contributed by atoms with Gasteiger partial charge in [0.2, 0.25) is 0 Å². The highest BCUT2D eigenvalue weighted by Gasteiger charge is 2.46. The highest BCUT2D eigenvalue weighted by atomic mass is 16.5. The van der Waals surface area contributed by atoms with Gasteiger partial charge in [-0.05, 0) is 52.8 Å². The number of nitrogen functional groups attached to an aromatic ring is 1. The number of nitrogens with two attached hydrogens (primary N) is 1. The van der Waals surface area contributed by atoms with Crippen LogP contribution in [-0.4, -0.2) is 27.3 Å². The molecule has 2 N–H and O–H groups in total. The minimum atomic E-state index is 0.331. The van der Waals surface area contributed by atoms with Gasteiger partial charge in [0.1, 0.15) is 5.75 Å². The number of nitrogens with zero attached hydrogens (tertiary/aromatic N) is 4. The van der Waals surface area contributed by atoms with Crippen molar-refractivity contribution in [2.45, 2.75) is 33.2 Å². The lowest BCUT2D eigenvalue weighted by Gasteiger charge is -2.20. The molecule has 1 aromatic carbocycles. The Hall–Kier alpha value is -2.11. The van der Waals surface area contributed by atoms with E-state index in [2.05, 4.69) is 29.4 Å². The summed E-state index contributed by atoms with van der Waals surface area (Å²) in [6, 6.07) is 5.52. The zero-order valence-electron chi connectivity index (χ0n) is 12.7. The highest BCUT2D eigenvalue weighted by molar-refractivity contribution is 5.68. The van der Waals surface area contributed by atoms with Crippen LogP contribution in [0.25, 0.3) is 11.4 Å². The maximum Gasteiger partial charge on any atom is 0.185 e. The van der Waals surface area contributed by atoms with E-state index in [-0.39, 0.29) is 0 Å². The van der Waals surface area contributed by atoms with E-state index in [9.17, 15) is 0 Å². The Morgan fingerprint density at radius 2 is 2.14 bits per heavy atom. The molecule has 0 atom stereocenters. The lowest BCUT2D eigenvalue weighted by Crippen LogP contribution is -2.19. The molecule has 6 nitrogen and oxygen atoms in total. The number of benzene rings is 1. The first-order valence-corrected chi connectivity index (χ1v) is 7.26. The van der Waals surface area contributed by atoms with E-state index in [4.69, 9.17) is 10.5 Å². The van der Waals surface area contributed by atoms with Crippen molar-refractivity contribution in [3.8, 4) is 17.1 Å². The Kier molecular flexibility index (Phi) is 3.31. The van der Waals surface area contributed by atoms with Crippen molar-refractivity contribution in [2.24, 2.45) is 11.3 Å². The number of methoxy groups -OCH3 is 1. The summed E-state index contributed by atoms with van der Waals surface area (Å²) >= 11 is 0. The zero-order valence-corrected chi connectivity index (χ0v) is 12.7. The lowest BCUT2D eigenvalue weighted by molar-refractivity contribution is 0.294. The average Bonchev–Trinajstić information content (AvgIpc) is 3.10. The maximum atomic E-state index is 5.89. The summed E-state index contributed by atoms with van der Waals surface area (Å²) in [5.74, 6) is 2.07. The number of hydrogen-bond acceptors (Lipinski definition) is 5. The normalized spacial score (nSPS) is 16.2. The molecule has 1 aliphatic rings. The molecule has 3 rings (SSSR count). The van der Waals surface area contributed by atoms with Gasteiger partial charge in [-0.3, -0.25) is 0 Å². The third kappa shape index (κ3) is 2.46. The van der Waals surface area contributed by atoms with Gasteiger partial charge in [-0.25, -0.2) is 4.68 Å². The molecule has 1 aliphatic carbocycles. The molecule has 0 saturated heterocycles. The molecule has 0 radical (unpaired) electrons. The molecule has 1 heterocycles. The predicted octanol–water partition coefficient (Wildman–Crippen LogP) is 2.37. The molecule has 1 saturated carbocycles. The van der Waals surface area contributed by atoms with Crippen LogP contribution in [0.15, 0.2) is 18.2 Å². The van der Waals surface area contributed by atoms with Crippen LogP contribution < -0.4 is 10.5 Å². The zero-order chi connectivity index (χ0) is 15.0. The summed E-state index contributed by atoms with van der Waals surface area (Å²) in [4.78, 5) is 0. The summed E-state index contributed by atoms with van der Waals surface area (Å²) in [5, 5.41) is 12.2. The van der Waals surface area contributed by atoms with Crippen molar-refractivity contribution in [1.29, 1.82) is 0 Å². The first kappa shape index (κ1) is 13.9. The predicted molar refractivity (Wildman–Crippen MR) is 80.7 cm³/mol. The SMILES string of the molecule is COc1ccc(N)cc1-c1nnnn1CC1(C(C)C)CC1. The van der Waals surface area contributed by atoms with Crippen molar-refractivity contribution in [1.82, 2.24) is 20.2 Å². The van der Waals surface area contributed by atoms with Crippen molar-refractivity contribution >= 4 is 5.69 Å². The quantitative estimate of drug-likeness (QED) is 0.854. The van der Waals surface area contributed by atoms with Gasteiger partial charge < -0.3 is 10.5 Å². The topological polar surface area (TPSA) is 78.8 Å². The van der Waals surface area contributed by atoms with Crippen LogP contribution in [-0.2, 0) is 6.54 Å². The molecule has 0 spiro atoms. The van der Waals surface area contributed by atoms with Crippen molar-refractivity contribution in [3.05, 3.63) is 18.2 Å².